The molecule has 2 aromatic heterocycles. The number of aromatic nitrogens is 4. The zero-order valence-corrected chi connectivity index (χ0v) is 14.2. The summed E-state index contributed by atoms with van der Waals surface area (Å²) in [5, 5.41) is 20.3. The Morgan fingerprint density at radius 3 is 2.96 bits per heavy atom. The Morgan fingerprint density at radius 1 is 1.35 bits per heavy atom. The van der Waals surface area contributed by atoms with E-state index in [1.165, 1.54) is 11.3 Å². The van der Waals surface area contributed by atoms with Crippen LogP contribution in [0.2, 0.25) is 5.02 Å². The van der Waals surface area contributed by atoms with E-state index in [4.69, 9.17) is 16.0 Å². The van der Waals surface area contributed by atoms with Gasteiger partial charge in [-0.1, -0.05) is 40.8 Å². The van der Waals surface area contributed by atoms with Crippen LogP contribution in [0.15, 0.2) is 33.9 Å². The van der Waals surface area contributed by atoms with Gasteiger partial charge in [0.2, 0.25) is 16.9 Å². The van der Waals surface area contributed by atoms with Gasteiger partial charge in [0.1, 0.15) is 5.01 Å². The first-order valence-corrected chi connectivity index (χ1v) is 8.60. The molecule has 0 aliphatic carbocycles. The first-order chi connectivity index (χ1) is 11.1. The molecule has 0 radical (unpaired) electrons. The third-order valence-electron chi connectivity index (χ3n) is 2.58. The molecule has 0 aliphatic rings. The number of nitrogens with one attached hydrogen (secondary N) is 1. The molecule has 0 unspecified atom stereocenters. The Kier molecular flexibility index (Phi) is 4.89. The number of carbonyl (C=O) groups excluding carboxylic acids is 1. The Hall–Kier alpha value is -1.97. The molecule has 3 rings (SSSR count). The zero-order chi connectivity index (χ0) is 16.2. The lowest BCUT2D eigenvalue weighted by Crippen LogP contribution is -2.13. The number of halogens is 1. The highest BCUT2D eigenvalue weighted by atomic mass is 35.5. The molecule has 0 bridgehead atoms. The van der Waals surface area contributed by atoms with Crippen molar-refractivity contribution in [2.24, 2.45) is 0 Å². The average molecular weight is 368 g/mol. The van der Waals surface area contributed by atoms with E-state index < -0.39 is 0 Å². The molecular formula is C13H10ClN5O2S2. The van der Waals surface area contributed by atoms with Crippen LogP contribution in [-0.4, -0.2) is 32.1 Å². The van der Waals surface area contributed by atoms with Crippen LogP contribution in [0.1, 0.15) is 5.01 Å². The standard InChI is InChI=1S/C13H10ClN5O2S2/c1-7-16-18-12(23-7)15-10(20)6-22-13-19-17-11(21-13)8-3-2-4-9(14)5-8/h2-5H,6H2,1H3,(H,15,18,20). The van der Waals surface area contributed by atoms with Gasteiger partial charge in [0, 0.05) is 10.6 Å². The predicted molar refractivity (Wildman–Crippen MR) is 88.7 cm³/mol. The molecule has 1 N–H and O–H groups in total. The van der Waals surface area contributed by atoms with Crippen LogP contribution in [-0.2, 0) is 4.79 Å². The molecule has 23 heavy (non-hydrogen) atoms. The first kappa shape index (κ1) is 15.9. The van der Waals surface area contributed by atoms with E-state index in [1.807, 2.05) is 13.0 Å². The Labute approximate surface area is 144 Å². The molecule has 7 nitrogen and oxygen atoms in total. The topological polar surface area (TPSA) is 93.8 Å². The van der Waals surface area contributed by atoms with Gasteiger partial charge in [-0.05, 0) is 25.1 Å². The maximum atomic E-state index is 11.8. The molecule has 0 aliphatic heterocycles. The summed E-state index contributed by atoms with van der Waals surface area (Å²) in [6.45, 7) is 1.82. The number of carbonyl (C=O) groups is 1. The monoisotopic (exact) mass is 367 g/mol. The fraction of sp³-hybridized carbons (Fsp3) is 0.154. The van der Waals surface area contributed by atoms with Gasteiger partial charge in [-0.15, -0.1) is 20.4 Å². The summed E-state index contributed by atoms with van der Waals surface area (Å²) in [6, 6.07) is 7.11. The minimum absolute atomic E-state index is 0.135. The summed E-state index contributed by atoms with van der Waals surface area (Å²) >= 11 is 8.38. The van der Waals surface area contributed by atoms with Gasteiger partial charge in [0.05, 0.1) is 5.75 Å². The van der Waals surface area contributed by atoms with Crippen LogP contribution in [0, 0.1) is 6.92 Å². The van der Waals surface area contributed by atoms with Crippen LogP contribution < -0.4 is 5.32 Å². The number of aryl methyl sites for hydroxylation is 1. The van der Waals surface area contributed by atoms with Gasteiger partial charge in [-0.3, -0.25) is 10.1 Å². The smallest absolute Gasteiger partial charge is 0.277 e. The molecule has 1 amide bonds. The number of rotatable bonds is 5. The van der Waals surface area contributed by atoms with E-state index in [9.17, 15) is 4.79 Å². The predicted octanol–water partition coefficient (Wildman–Crippen LogP) is 3.28. The van der Waals surface area contributed by atoms with Crippen molar-refractivity contribution in [3.8, 4) is 11.5 Å². The lowest BCUT2D eigenvalue weighted by atomic mass is 10.2. The largest absolute Gasteiger partial charge is 0.411 e. The van der Waals surface area contributed by atoms with Gasteiger partial charge in [0.25, 0.3) is 5.22 Å². The number of hydrogen-bond acceptors (Lipinski definition) is 8. The van der Waals surface area contributed by atoms with Crippen molar-refractivity contribution >= 4 is 45.7 Å². The van der Waals surface area contributed by atoms with Crippen LogP contribution in [0.4, 0.5) is 5.13 Å². The fourth-order valence-electron chi connectivity index (χ4n) is 1.64. The maximum Gasteiger partial charge on any atom is 0.277 e. The lowest BCUT2D eigenvalue weighted by Gasteiger charge is -1.98. The average Bonchev–Trinajstić information content (AvgIpc) is 3.14. The number of hydrogen-bond donors (Lipinski definition) is 1. The molecule has 10 heteroatoms. The number of amides is 1. The third kappa shape index (κ3) is 4.27. The third-order valence-corrected chi connectivity index (χ3v) is 4.38. The highest BCUT2D eigenvalue weighted by Gasteiger charge is 2.12. The molecule has 0 saturated heterocycles. The Balaban J connectivity index is 1.58. The fourth-order valence-corrected chi connectivity index (χ4v) is 3.00. The van der Waals surface area contributed by atoms with Crippen LogP contribution in [0.5, 0.6) is 0 Å². The van der Waals surface area contributed by atoms with Gasteiger partial charge in [-0.2, -0.15) is 0 Å². The normalized spacial score (nSPS) is 10.7. The second-order valence-electron chi connectivity index (χ2n) is 4.35. The van der Waals surface area contributed by atoms with Crippen molar-refractivity contribution in [3.63, 3.8) is 0 Å². The second-order valence-corrected chi connectivity index (χ2v) is 6.89. The first-order valence-electron chi connectivity index (χ1n) is 6.42. The van der Waals surface area contributed by atoms with Crippen LogP contribution >= 0.6 is 34.7 Å². The van der Waals surface area contributed by atoms with Crippen molar-refractivity contribution in [2.75, 3.05) is 11.1 Å². The number of thioether (sulfide) groups is 1. The molecule has 118 valence electrons. The van der Waals surface area contributed by atoms with Gasteiger partial charge < -0.3 is 4.42 Å². The molecule has 0 saturated carbocycles. The number of anilines is 1. The van der Waals surface area contributed by atoms with E-state index in [1.54, 1.807) is 18.2 Å². The van der Waals surface area contributed by atoms with E-state index in [0.717, 1.165) is 22.3 Å². The second kappa shape index (κ2) is 7.07. The van der Waals surface area contributed by atoms with Gasteiger partial charge >= 0.3 is 0 Å². The van der Waals surface area contributed by atoms with Gasteiger partial charge in [-0.25, -0.2) is 0 Å². The maximum absolute atomic E-state index is 11.8. The number of benzene rings is 1. The summed E-state index contributed by atoms with van der Waals surface area (Å²) in [7, 11) is 0. The number of nitrogens with zero attached hydrogens (tertiary/aromatic N) is 4. The molecule has 0 fully saturated rings. The van der Waals surface area contributed by atoms with Crippen molar-refractivity contribution < 1.29 is 9.21 Å². The van der Waals surface area contributed by atoms with E-state index >= 15 is 0 Å². The van der Waals surface area contributed by atoms with Crippen molar-refractivity contribution in [2.45, 2.75) is 12.1 Å². The van der Waals surface area contributed by atoms with E-state index in [0.29, 0.717) is 21.3 Å². The molecule has 3 aromatic rings. The molecule has 0 atom stereocenters. The lowest BCUT2D eigenvalue weighted by molar-refractivity contribution is -0.113. The molecule has 2 heterocycles. The highest BCUT2D eigenvalue weighted by Crippen LogP contribution is 2.25. The summed E-state index contributed by atoms with van der Waals surface area (Å²) in [4.78, 5) is 11.8. The molecule has 1 aromatic carbocycles. The van der Waals surface area contributed by atoms with Gasteiger partial charge in [0.15, 0.2) is 0 Å². The Bertz CT molecular complexity index is 835. The van der Waals surface area contributed by atoms with E-state index in [-0.39, 0.29) is 11.7 Å². The summed E-state index contributed by atoms with van der Waals surface area (Å²) in [5.41, 5.74) is 0.727. The minimum Gasteiger partial charge on any atom is -0.411 e. The van der Waals surface area contributed by atoms with E-state index in [2.05, 4.69) is 25.7 Å². The van der Waals surface area contributed by atoms with Crippen LogP contribution in [0.25, 0.3) is 11.5 Å². The van der Waals surface area contributed by atoms with Crippen molar-refractivity contribution in [1.82, 2.24) is 20.4 Å². The quantitative estimate of drug-likeness (QED) is 0.691. The highest BCUT2D eigenvalue weighted by molar-refractivity contribution is 7.99. The minimum atomic E-state index is -0.214. The van der Waals surface area contributed by atoms with Crippen molar-refractivity contribution in [1.29, 1.82) is 0 Å². The molecule has 0 spiro atoms. The van der Waals surface area contributed by atoms with Crippen molar-refractivity contribution in [3.05, 3.63) is 34.3 Å². The Morgan fingerprint density at radius 2 is 2.22 bits per heavy atom. The summed E-state index contributed by atoms with van der Waals surface area (Å²) in [6.07, 6.45) is 0. The molecular weight excluding hydrogens is 358 g/mol. The zero-order valence-electron chi connectivity index (χ0n) is 11.8. The SMILES string of the molecule is Cc1nnc(NC(=O)CSc2nnc(-c3cccc(Cl)c3)o2)s1. The summed E-state index contributed by atoms with van der Waals surface area (Å²) in [5.74, 6) is 0.277. The summed E-state index contributed by atoms with van der Waals surface area (Å²) < 4.78 is 5.51. The van der Waals surface area contributed by atoms with Crippen LogP contribution in [0.3, 0.4) is 0 Å².